The van der Waals surface area contributed by atoms with Crippen LogP contribution in [0.5, 0.6) is 5.75 Å². The number of hydrogen-bond acceptors (Lipinski definition) is 8. The predicted octanol–water partition coefficient (Wildman–Crippen LogP) is 4.87. The molecule has 226 valence electrons. The highest BCUT2D eigenvalue weighted by molar-refractivity contribution is 6.32. The number of amides is 1. The lowest BCUT2D eigenvalue weighted by Crippen LogP contribution is -2.36. The lowest BCUT2D eigenvalue weighted by molar-refractivity contribution is -0.198. The Bertz CT molecular complexity index is 1920. The van der Waals surface area contributed by atoms with Crippen LogP contribution in [-0.4, -0.2) is 59.3 Å². The van der Waals surface area contributed by atoms with Gasteiger partial charge >= 0.3 is 6.18 Å². The van der Waals surface area contributed by atoms with E-state index in [1.807, 2.05) is 0 Å². The van der Waals surface area contributed by atoms with E-state index in [1.54, 1.807) is 35.1 Å². The lowest BCUT2D eigenvalue weighted by atomic mass is 9.77. The molecule has 2 aromatic carbocycles. The molecule has 1 aliphatic heterocycles. The van der Waals surface area contributed by atoms with Crippen LogP contribution >= 0.6 is 11.6 Å². The molecular weight excluding hydrogens is 606 g/mol. The summed E-state index contributed by atoms with van der Waals surface area (Å²) >= 11 is 5.97. The number of fused-ring (bicyclic) bond motifs is 2. The summed E-state index contributed by atoms with van der Waals surface area (Å²) in [6, 6.07) is 10.00. The molecule has 44 heavy (non-hydrogen) atoms. The van der Waals surface area contributed by atoms with E-state index in [4.69, 9.17) is 11.6 Å². The summed E-state index contributed by atoms with van der Waals surface area (Å²) in [4.78, 5) is 31.5. The maximum atomic E-state index is 13.5. The molecule has 2 atom stereocenters. The van der Waals surface area contributed by atoms with Gasteiger partial charge in [-0.05, 0) is 42.3 Å². The Kier molecular flexibility index (Phi) is 7.13. The van der Waals surface area contributed by atoms with Crippen LogP contribution in [0.3, 0.4) is 0 Å². The fraction of sp³-hybridized carbons (Fsp3) is 0.207. The van der Waals surface area contributed by atoms with Gasteiger partial charge in [-0.2, -0.15) is 13.2 Å². The van der Waals surface area contributed by atoms with Gasteiger partial charge in [-0.25, -0.2) is 24.3 Å². The standard InChI is InChI=1S/C29H22ClF4N7O3/c1-28(15-4-7-17(30)20(42)11-15)22-24(36-12-21(43)29(32,33)34)38-23(39-25(22)40-27(28)44)19-13-41-9-8-35-26(41)18(37-19)10-14-2-5-16(31)6-3-14/h2-9,11,13,21,42-43H,10,12H2,1H3,(H2,36,38,39,40,44)/t21-,28-/m1/s1. The van der Waals surface area contributed by atoms with Crippen molar-refractivity contribution in [3.63, 3.8) is 0 Å². The minimum Gasteiger partial charge on any atom is -0.506 e. The smallest absolute Gasteiger partial charge is 0.416 e. The van der Waals surface area contributed by atoms with E-state index in [0.717, 1.165) is 5.56 Å². The molecule has 1 amide bonds. The highest BCUT2D eigenvalue weighted by Crippen LogP contribution is 2.47. The van der Waals surface area contributed by atoms with Gasteiger partial charge in [-0.15, -0.1) is 0 Å². The molecule has 4 heterocycles. The van der Waals surface area contributed by atoms with Gasteiger partial charge in [-0.3, -0.25) is 4.79 Å². The van der Waals surface area contributed by atoms with Gasteiger partial charge in [0.15, 0.2) is 17.6 Å². The number of nitrogens with one attached hydrogen (secondary N) is 2. The summed E-state index contributed by atoms with van der Waals surface area (Å²) < 4.78 is 54.8. The molecule has 0 spiro atoms. The van der Waals surface area contributed by atoms with E-state index in [1.165, 1.54) is 37.3 Å². The van der Waals surface area contributed by atoms with Crippen LogP contribution in [0.25, 0.3) is 17.2 Å². The van der Waals surface area contributed by atoms with E-state index in [2.05, 4.69) is 30.6 Å². The normalized spacial score (nSPS) is 17.0. The zero-order valence-electron chi connectivity index (χ0n) is 22.7. The summed E-state index contributed by atoms with van der Waals surface area (Å²) in [6.45, 7) is 0.522. The number of anilines is 2. The third-order valence-corrected chi connectivity index (χ3v) is 7.74. The number of benzene rings is 2. The zero-order chi connectivity index (χ0) is 31.4. The first kappa shape index (κ1) is 29.3. The van der Waals surface area contributed by atoms with Crippen molar-refractivity contribution < 1.29 is 32.6 Å². The number of phenols is 1. The maximum Gasteiger partial charge on any atom is 0.416 e. The lowest BCUT2D eigenvalue weighted by Gasteiger charge is -2.25. The second-order valence-electron chi connectivity index (χ2n) is 10.3. The first-order valence-electron chi connectivity index (χ1n) is 13.1. The van der Waals surface area contributed by atoms with Crippen molar-refractivity contribution in [3.05, 3.63) is 94.3 Å². The maximum absolute atomic E-state index is 13.5. The van der Waals surface area contributed by atoms with E-state index >= 15 is 0 Å². The molecule has 15 heteroatoms. The Labute approximate surface area is 251 Å². The number of carbonyl (C=O) groups is 1. The van der Waals surface area contributed by atoms with Crippen LogP contribution in [-0.2, 0) is 16.6 Å². The van der Waals surface area contributed by atoms with Crippen molar-refractivity contribution >= 4 is 34.8 Å². The molecule has 0 radical (unpaired) electrons. The molecule has 0 bridgehead atoms. The van der Waals surface area contributed by atoms with Gasteiger partial charge < -0.3 is 25.2 Å². The average Bonchev–Trinajstić information content (AvgIpc) is 3.56. The molecule has 1 aliphatic rings. The first-order valence-corrected chi connectivity index (χ1v) is 13.5. The minimum atomic E-state index is -4.92. The number of hydrogen-bond donors (Lipinski definition) is 4. The van der Waals surface area contributed by atoms with Crippen LogP contribution in [0, 0.1) is 5.82 Å². The fourth-order valence-electron chi connectivity index (χ4n) is 5.04. The molecule has 0 fully saturated rings. The molecule has 5 aromatic rings. The molecule has 4 N–H and O–H groups in total. The number of aliphatic hydroxyl groups excluding tert-OH is 1. The highest BCUT2D eigenvalue weighted by Gasteiger charge is 2.48. The quantitative estimate of drug-likeness (QED) is 0.188. The predicted molar refractivity (Wildman–Crippen MR) is 152 cm³/mol. The van der Waals surface area contributed by atoms with Crippen LogP contribution in [0.15, 0.2) is 61.1 Å². The highest BCUT2D eigenvalue weighted by atomic mass is 35.5. The van der Waals surface area contributed by atoms with Gasteiger partial charge in [0.2, 0.25) is 5.91 Å². The number of rotatable bonds is 7. The van der Waals surface area contributed by atoms with E-state index < -0.39 is 36.0 Å². The number of alkyl halides is 3. The molecular formula is C29H22ClF4N7O3. The number of carbonyl (C=O) groups excluding carboxylic acids is 1. The minimum absolute atomic E-state index is 0.00597. The molecule has 0 unspecified atom stereocenters. The summed E-state index contributed by atoms with van der Waals surface area (Å²) in [6.07, 6.45) is -2.62. The number of imidazole rings is 1. The van der Waals surface area contributed by atoms with Crippen LogP contribution in [0.2, 0.25) is 5.02 Å². The van der Waals surface area contributed by atoms with Crippen molar-refractivity contribution in [1.82, 2.24) is 24.3 Å². The third kappa shape index (κ3) is 5.15. The first-order chi connectivity index (χ1) is 20.8. The number of aromatic hydroxyl groups is 1. The summed E-state index contributed by atoms with van der Waals surface area (Å²) in [5.74, 6) is -1.52. The van der Waals surface area contributed by atoms with Gasteiger partial charge in [0.05, 0.1) is 22.8 Å². The molecule has 6 rings (SSSR count). The fourth-order valence-corrected chi connectivity index (χ4v) is 5.16. The molecule has 0 aliphatic carbocycles. The van der Waals surface area contributed by atoms with Crippen molar-refractivity contribution in [2.45, 2.75) is 31.0 Å². The second-order valence-corrected chi connectivity index (χ2v) is 10.7. The Morgan fingerprint density at radius 1 is 1.14 bits per heavy atom. The molecule has 0 saturated carbocycles. The number of halogens is 5. The van der Waals surface area contributed by atoms with Crippen molar-refractivity contribution in [1.29, 1.82) is 0 Å². The molecule has 3 aromatic heterocycles. The summed E-state index contributed by atoms with van der Waals surface area (Å²) in [5.41, 5.74) is 0.723. The van der Waals surface area contributed by atoms with E-state index in [9.17, 15) is 32.6 Å². The molecule has 0 saturated heterocycles. The van der Waals surface area contributed by atoms with Crippen molar-refractivity contribution in [2.24, 2.45) is 0 Å². The van der Waals surface area contributed by atoms with Crippen molar-refractivity contribution in [2.75, 3.05) is 17.2 Å². The van der Waals surface area contributed by atoms with Crippen LogP contribution in [0.1, 0.15) is 29.3 Å². The van der Waals surface area contributed by atoms with Crippen LogP contribution in [0.4, 0.5) is 29.2 Å². The summed E-state index contributed by atoms with van der Waals surface area (Å²) in [5, 5.41) is 25.2. The topological polar surface area (TPSA) is 138 Å². The monoisotopic (exact) mass is 627 g/mol. The van der Waals surface area contributed by atoms with Gasteiger partial charge in [0.25, 0.3) is 0 Å². The third-order valence-electron chi connectivity index (χ3n) is 7.42. The van der Waals surface area contributed by atoms with Gasteiger partial charge in [0.1, 0.15) is 34.3 Å². The van der Waals surface area contributed by atoms with Crippen molar-refractivity contribution in [3.8, 4) is 17.3 Å². The Hall–Kier alpha value is -4.82. The number of aromatic nitrogens is 5. The van der Waals surface area contributed by atoms with E-state index in [0.29, 0.717) is 11.3 Å². The SMILES string of the molecule is C[C@]1(c2ccc(Cl)c(O)c2)C(=O)Nc2nc(-c3cn4ccnc4c(Cc4ccc(F)cc4)n3)nc(NC[C@@H](O)C(F)(F)F)c21. The number of phenolic OH excluding ortho intramolecular Hbond substituents is 1. The van der Waals surface area contributed by atoms with Crippen LogP contribution < -0.4 is 10.6 Å². The zero-order valence-corrected chi connectivity index (χ0v) is 23.4. The largest absolute Gasteiger partial charge is 0.506 e. The number of nitrogens with zero attached hydrogens (tertiary/aromatic N) is 5. The average molecular weight is 628 g/mol. The number of aliphatic hydroxyl groups is 1. The van der Waals surface area contributed by atoms with Gasteiger partial charge in [0, 0.05) is 25.0 Å². The second kappa shape index (κ2) is 10.7. The van der Waals surface area contributed by atoms with E-state index in [-0.39, 0.29) is 51.5 Å². The Morgan fingerprint density at radius 3 is 2.59 bits per heavy atom. The van der Waals surface area contributed by atoms with Gasteiger partial charge in [-0.1, -0.05) is 29.8 Å². The Morgan fingerprint density at radius 2 is 1.89 bits per heavy atom. The molecule has 10 nitrogen and oxygen atoms in total. The Balaban J connectivity index is 1.50. The summed E-state index contributed by atoms with van der Waals surface area (Å²) in [7, 11) is 0.